The molecule has 0 bridgehead atoms. The highest BCUT2D eigenvalue weighted by molar-refractivity contribution is 9.10. The second-order valence-corrected chi connectivity index (χ2v) is 5.60. The molecule has 0 aromatic heterocycles. The van der Waals surface area contributed by atoms with E-state index in [2.05, 4.69) is 21.2 Å². The van der Waals surface area contributed by atoms with Crippen molar-refractivity contribution in [1.29, 1.82) is 0 Å². The van der Waals surface area contributed by atoms with Gasteiger partial charge in [-0.25, -0.2) is 4.39 Å². The number of hydrogen-bond donors (Lipinski definition) is 1. The number of nitrogens with one attached hydrogen (secondary N) is 1. The fourth-order valence-electron chi connectivity index (χ4n) is 1.26. The number of amides is 1. The van der Waals surface area contributed by atoms with Crippen molar-refractivity contribution in [3.8, 4) is 5.75 Å². The Morgan fingerprint density at radius 1 is 1.44 bits per heavy atom. The summed E-state index contributed by atoms with van der Waals surface area (Å²) in [5, 5.41) is 2.84. The summed E-state index contributed by atoms with van der Waals surface area (Å²) in [4.78, 5) is 11.6. The van der Waals surface area contributed by atoms with Gasteiger partial charge in [-0.15, -0.1) is 0 Å². The van der Waals surface area contributed by atoms with Crippen LogP contribution in [0, 0.1) is 5.82 Å². The van der Waals surface area contributed by atoms with Crippen LogP contribution in [0.5, 0.6) is 5.75 Å². The highest BCUT2D eigenvalue weighted by atomic mass is 79.9. The summed E-state index contributed by atoms with van der Waals surface area (Å²) in [5.41, 5.74) is -0.261. The maximum atomic E-state index is 13.1. The lowest BCUT2D eigenvalue weighted by molar-refractivity contribution is -0.124. The zero-order chi connectivity index (χ0) is 13.8. The van der Waals surface area contributed by atoms with E-state index in [1.165, 1.54) is 12.1 Å². The van der Waals surface area contributed by atoms with Gasteiger partial charge >= 0.3 is 0 Å². The molecule has 1 aromatic carbocycles. The average Bonchev–Trinajstić information content (AvgIpc) is 2.24. The molecule has 1 amide bonds. The molecule has 1 rings (SSSR count). The molecule has 0 unspecified atom stereocenters. The topological polar surface area (TPSA) is 38.3 Å². The smallest absolute Gasteiger partial charge is 0.258 e. The highest BCUT2D eigenvalue weighted by Crippen LogP contribution is 2.20. The first-order chi connectivity index (χ1) is 8.32. The van der Waals surface area contributed by atoms with Crippen molar-refractivity contribution in [3.63, 3.8) is 0 Å². The molecule has 0 aliphatic carbocycles. The van der Waals surface area contributed by atoms with Gasteiger partial charge in [-0.2, -0.15) is 0 Å². The van der Waals surface area contributed by atoms with E-state index < -0.39 is 5.82 Å². The zero-order valence-electron chi connectivity index (χ0n) is 10.7. The number of hydrogen-bond acceptors (Lipinski definition) is 2. The van der Waals surface area contributed by atoms with Crippen LogP contribution in [0.2, 0.25) is 0 Å². The maximum absolute atomic E-state index is 13.1. The van der Waals surface area contributed by atoms with Crippen LogP contribution < -0.4 is 10.1 Å². The van der Waals surface area contributed by atoms with Crippen molar-refractivity contribution in [2.24, 2.45) is 0 Å². The van der Waals surface area contributed by atoms with Gasteiger partial charge in [0.25, 0.3) is 5.91 Å². The molecule has 0 atom stereocenters. The molecule has 0 aliphatic rings. The Kier molecular flexibility index (Phi) is 5.14. The first kappa shape index (κ1) is 15.0. The molecule has 5 heteroatoms. The van der Waals surface area contributed by atoms with Crippen molar-refractivity contribution < 1.29 is 13.9 Å². The van der Waals surface area contributed by atoms with E-state index >= 15 is 0 Å². The molecule has 18 heavy (non-hydrogen) atoms. The Hall–Kier alpha value is -1.10. The number of rotatable bonds is 5. The third kappa shape index (κ3) is 5.04. The number of benzene rings is 1. The number of halogens is 2. The summed E-state index contributed by atoms with van der Waals surface area (Å²) < 4.78 is 18.9. The molecule has 1 N–H and O–H groups in total. The molecule has 0 radical (unpaired) electrons. The quantitative estimate of drug-likeness (QED) is 0.905. The van der Waals surface area contributed by atoms with Crippen LogP contribution in [-0.2, 0) is 4.79 Å². The van der Waals surface area contributed by atoms with Gasteiger partial charge in [-0.1, -0.05) is 22.9 Å². The summed E-state index contributed by atoms with van der Waals surface area (Å²) in [6, 6.07) is 4.18. The van der Waals surface area contributed by atoms with E-state index in [1.807, 2.05) is 20.8 Å². The molecular formula is C13H17BrFNO2. The fourth-order valence-corrected chi connectivity index (χ4v) is 1.71. The first-order valence-electron chi connectivity index (χ1n) is 5.72. The summed E-state index contributed by atoms with van der Waals surface area (Å²) in [7, 11) is 0. The third-order valence-corrected chi connectivity index (χ3v) is 3.03. The number of carbonyl (C=O) groups is 1. The van der Waals surface area contributed by atoms with Crippen LogP contribution in [0.3, 0.4) is 0 Å². The highest BCUT2D eigenvalue weighted by Gasteiger charge is 2.17. The number of ether oxygens (including phenoxy) is 1. The molecule has 100 valence electrons. The maximum Gasteiger partial charge on any atom is 0.258 e. The molecule has 0 spiro atoms. The fraction of sp³-hybridized carbons (Fsp3) is 0.462. The van der Waals surface area contributed by atoms with Gasteiger partial charge in [-0.3, -0.25) is 4.79 Å². The monoisotopic (exact) mass is 317 g/mol. The van der Waals surface area contributed by atoms with Gasteiger partial charge in [0.2, 0.25) is 0 Å². The molecule has 0 heterocycles. The van der Waals surface area contributed by atoms with Gasteiger partial charge in [-0.05, 0) is 32.4 Å². The van der Waals surface area contributed by atoms with Gasteiger partial charge in [0.1, 0.15) is 11.6 Å². The summed E-state index contributed by atoms with van der Waals surface area (Å²) in [5.74, 6) is -0.303. The Bertz CT molecular complexity index is 415. The minimum absolute atomic E-state index is 0.126. The van der Waals surface area contributed by atoms with E-state index in [0.29, 0.717) is 10.2 Å². The van der Waals surface area contributed by atoms with Crippen molar-refractivity contribution in [2.75, 3.05) is 6.61 Å². The van der Waals surface area contributed by atoms with Crippen molar-refractivity contribution >= 4 is 21.8 Å². The molecule has 0 saturated heterocycles. The van der Waals surface area contributed by atoms with Crippen LogP contribution in [-0.4, -0.2) is 18.1 Å². The second-order valence-electron chi connectivity index (χ2n) is 4.68. The average molecular weight is 318 g/mol. The van der Waals surface area contributed by atoms with Crippen LogP contribution >= 0.6 is 15.9 Å². The van der Waals surface area contributed by atoms with Crippen LogP contribution in [0.25, 0.3) is 0 Å². The van der Waals surface area contributed by atoms with E-state index in [0.717, 1.165) is 6.42 Å². The van der Waals surface area contributed by atoms with Crippen molar-refractivity contribution in [3.05, 3.63) is 28.5 Å². The van der Waals surface area contributed by atoms with Gasteiger partial charge in [0.05, 0.1) is 0 Å². The molecule has 1 aromatic rings. The third-order valence-electron chi connectivity index (χ3n) is 2.57. The lowest BCUT2D eigenvalue weighted by atomic mass is 10.0. The summed E-state index contributed by atoms with van der Waals surface area (Å²) in [6.07, 6.45) is 0.824. The predicted octanol–water partition coefficient (Wildman–Crippen LogP) is 3.27. The van der Waals surface area contributed by atoms with E-state index in [9.17, 15) is 9.18 Å². The summed E-state index contributed by atoms with van der Waals surface area (Å²) in [6.45, 7) is 5.73. The minimum atomic E-state index is -0.409. The molecule has 0 fully saturated rings. The normalized spacial score (nSPS) is 11.2. The van der Waals surface area contributed by atoms with Crippen LogP contribution in [0.4, 0.5) is 4.39 Å². The van der Waals surface area contributed by atoms with Crippen molar-refractivity contribution in [2.45, 2.75) is 32.7 Å². The molecule has 0 aliphatic heterocycles. The Balaban J connectivity index is 2.52. The Labute approximate surface area is 115 Å². The van der Waals surface area contributed by atoms with Gasteiger partial charge in [0, 0.05) is 16.1 Å². The van der Waals surface area contributed by atoms with Crippen LogP contribution in [0.1, 0.15) is 27.2 Å². The van der Waals surface area contributed by atoms with Gasteiger partial charge < -0.3 is 10.1 Å². The first-order valence-corrected chi connectivity index (χ1v) is 6.51. The minimum Gasteiger partial charge on any atom is -0.484 e. The second kappa shape index (κ2) is 6.18. The molecule has 0 saturated carbocycles. The van der Waals surface area contributed by atoms with Crippen LogP contribution in [0.15, 0.2) is 22.7 Å². The van der Waals surface area contributed by atoms with Crippen molar-refractivity contribution in [1.82, 2.24) is 5.32 Å². The predicted molar refractivity (Wildman–Crippen MR) is 72.1 cm³/mol. The lowest BCUT2D eigenvalue weighted by Gasteiger charge is -2.24. The standard InChI is InChI=1S/C13H17BrFNO2/c1-4-13(2,3)16-12(17)8-18-11-6-9(14)5-10(15)7-11/h5-7H,4,8H2,1-3H3,(H,16,17). The SMILES string of the molecule is CCC(C)(C)NC(=O)COc1cc(F)cc(Br)c1. The Morgan fingerprint density at radius 2 is 2.11 bits per heavy atom. The summed E-state index contributed by atoms with van der Waals surface area (Å²) >= 11 is 3.16. The lowest BCUT2D eigenvalue weighted by Crippen LogP contribution is -2.44. The number of carbonyl (C=O) groups excluding carboxylic acids is 1. The van der Waals surface area contributed by atoms with E-state index in [4.69, 9.17) is 4.74 Å². The molecular weight excluding hydrogens is 301 g/mol. The Morgan fingerprint density at radius 3 is 2.67 bits per heavy atom. The van der Waals surface area contributed by atoms with E-state index in [-0.39, 0.29) is 18.1 Å². The van der Waals surface area contributed by atoms with E-state index in [1.54, 1.807) is 6.07 Å². The zero-order valence-corrected chi connectivity index (χ0v) is 12.3. The molecule has 3 nitrogen and oxygen atoms in total. The van der Waals surface area contributed by atoms with Gasteiger partial charge in [0.15, 0.2) is 6.61 Å². The largest absolute Gasteiger partial charge is 0.484 e.